The van der Waals surface area contributed by atoms with Crippen molar-refractivity contribution >= 4 is 0 Å². The van der Waals surface area contributed by atoms with Gasteiger partial charge >= 0.3 is 0 Å². The number of aryl methyl sites for hydroxylation is 2. The number of unbranched alkanes of at least 4 members (excludes halogenated alkanes) is 1. The maximum Gasteiger partial charge on any atom is 0.191 e. The number of rotatable bonds is 6. The Bertz CT molecular complexity index is 318. The monoisotopic (exact) mass is 239 g/mol. The Morgan fingerprint density at radius 3 is 3.06 bits per heavy atom. The van der Waals surface area contributed by atoms with Crippen LogP contribution in [-0.4, -0.2) is 24.5 Å². The maximum atomic E-state index is 5.66. The lowest BCUT2D eigenvalue weighted by Gasteiger charge is -2.22. The summed E-state index contributed by atoms with van der Waals surface area (Å²) in [5.41, 5.74) is 0. The van der Waals surface area contributed by atoms with Crippen LogP contribution in [0.2, 0.25) is 0 Å². The van der Waals surface area contributed by atoms with Crippen LogP contribution in [0, 0.1) is 6.92 Å². The predicted octanol–water partition coefficient (Wildman–Crippen LogP) is 2.85. The van der Waals surface area contributed by atoms with E-state index in [4.69, 9.17) is 13.9 Å². The lowest BCUT2D eigenvalue weighted by Crippen LogP contribution is -2.22. The first-order chi connectivity index (χ1) is 8.34. The largest absolute Gasteiger partial charge is 0.446 e. The molecule has 0 spiro atoms. The number of hydrogen-bond donors (Lipinski definition) is 0. The summed E-state index contributed by atoms with van der Waals surface area (Å²) in [4.78, 5) is 4.07. The van der Waals surface area contributed by atoms with Crippen molar-refractivity contribution in [2.24, 2.45) is 0 Å². The molecule has 1 saturated heterocycles. The van der Waals surface area contributed by atoms with Crippen LogP contribution < -0.4 is 0 Å². The maximum absolute atomic E-state index is 5.66. The lowest BCUT2D eigenvalue weighted by atomic mass is 10.2. The predicted molar refractivity (Wildman–Crippen MR) is 63.7 cm³/mol. The van der Waals surface area contributed by atoms with Gasteiger partial charge in [-0.3, -0.25) is 0 Å². The van der Waals surface area contributed by atoms with E-state index in [9.17, 15) is 0 Å². The topological polar surface area (TPSA) is 44.5 Å². The van der Waals surface area contributed by atoms with Gasteiger partial charge in [0.2, 0.25) is 0 Å². The Hall–Kier alpha value is -0.870. The van der Waals surface area contributed by atoms with Crippen molar-refractivity contribution in [2.45, 2.75) is 51.7 Å². The summed E-state index contributed by atoms with van der Waals surface area (Å²) in [6.07, 6.45) is 8.33. The summed E-state index contributed by atoms with van der Waals surface area (Å²) in [6.45, 7) is 3.49. The van der Waals surface area contributed by atoms with E-state index in [1.54, 1.807) is 6.20 Å². The van der Waals surface area contributed by atoms with Crippen molar-refractivity contribution in [1.29, 1.82) is 0 Å². The van der Waals surface area contributed by atoms with Gasteiger partial charge in [-0.25, -0.2) is 4.98 Å². The van der Waals surface area contributed by atoms with Crippen LogP contribution in [0.4, 0.5) is 0 Å². The van der Waals surface area contributed by atoms with Crippen LogP contribution in [0.15, 0.2) is 10.6 Å². The average Bonchev–Trinajstić information content (AvgIpc) is 2.76. The highest BCUT2D eigenvalue weighted by Crippen LogP contribution is 2.14. The Balaban J connectivity index is 1.51. The number of nitrogens with zero attached hydrogens (tertiary/aromatic N) is 1. The average molecular weight is 239 g/mol. The van der Waals surface area contributed by atoms with Crippen molar-refractivity contribution in [2.75, 3.05) is 13.2 Å². The molecule has 1 unspecified atom stereocenters. The van der Waals surface area contributed by atoms with E-state index in [1.807, 2.05) is 6.92 Å². The Morgan fingerprint density at radius 2 is 2.35 bits per heavy atom. The molecule has 1 aliphatic heterocycles. The molecule has 17 heavy (non-hydrogen) atoms. The summed E-state index contributed by atoms with van der Waals surface area (Å²) in [7, 11) is 0. The molecule has 96 valence electrons. The third-order valence-electron chi connectivity index (χ3n) is 2.93. The van der Waals surface area contributed by atoms with Crippen LogP contribution in [0.3, 0.4) is 0 Å². The molecule has 4 heteroatoms. The van der Waals surface area contributed by atoms with Gasteiger partial charge in [0.1, 0.15) is 5.76 Å². The van der Waals surface area contributed by atoms with Gasteiger partial charge in [-0.1, -0.05) is 0 Å². The lowest BCUT2D eigenvalue weighted by molar-refractivity contribution is -0.162. The fourth-order valence-electron chi connectivity index (χ4n) is 1.98. The molecule has 1 fully saturated rings. The summed E-state index contributed by atoms with van der Waals surface area (Å²) in [5, 5.41) is 0. The smallest absolute Gasteiger partial charge is 0.191 e. The molecular formula is C13H21NO3. The van der Waals surface area contributed by atoms with E-state index in [0.29, 0.717) is 0 Å². The fourth-order valence-corrected chi connectivity index (χ4v) is 1.98. The third-order valence-corrected chi connectivity index (χ3v) is 2.93. The molecular weight excluding hydrogens is 218 g/mol. The number of ether oxygens (including phenoxy) is 2. The quantitative estimate of drug-likeness (QED) is 0.716. The fraction of sp³-hybridized carbons (Fsp3) is 0.769. The third kappa shape index (κ3) is 4.48. The molecule has 0 aliphatic carbocycles. The minimum atomic E-state index is 0.0382. The molecule has 1 aromatic rings. The summed E-state index contributed by atoms with van der Waals surface area (Å²) in [6, 6.07) is 0. The summed E-state index contributed by atoms with van der Waals surface area (Å²) >= 11 is 0. The number of hydrogen-bond acceptors (Lipinski definition) is 4. The SMILES string of the molecule is Cc1ncc(CCCCOC2CCCCO2)o1. The molecule has 2 heterocycles. The van der Waals surface area contributed by atoms with Crippen molar-refractivity contribution in [3.8, 4) is 0 Å². The molecule has 1 atom stereocenters. The summed E-state index contributed by atoms with van der Waals surface area (Å²) in [5.74, 6) is 1.71. The van der Waals surface area contributed by atoms with Crippen molar-refractivity contribution in [3.05, 3.63) is 17.8 Å². The highest BCUT2D eigenvalue weighted by molar-refractivity contribution is 4.92. The standard InChI is InChI=1S/C13H21NO3/c1-11-14-10-12(17-11)6-2-4-8-15-13-7-3-5-9-16-13/h10,13H,2-9H2,1H3. The van der Waals surface area contributed by atoms with Gasteiger partial charge in [-0.15, -0.1) is 0 Å². The molecule has 0 bridgehead atoms. The second-order valence-electron chi connectivity index (χ2n) is 4.47. The highest BCUT2D eigenvalue weighted by Gasteiger charge is 2.13. The Labute approximate surface area is 102 Å². The van der Waals surface area contributed by atoms with Gasteiger partial charge in [-0.2, -0.15) is 0 Å². The van der Waals surface area contributed by atoms with Gasteiger partial charge < -0.3 is 13.9 Å². The molecule has 1 aromatic heterocycles. The zero-order valence-corrected chi connectivity index (χ0v) is 10.5. The second-order valence-corrected chi connectivity index (χ2v) is 4.47. The van der Waals surface area contributed by atoms with E-state index in [1.165, 1.54) is 12.8 Å². The van der Waals surface area contributed by atoms with E-state index in [2.05, 4.69) is 4.98 Å². The minimum Gasteiger partial charge on any atom is -0.446 e. The van der Waals surface area contributed by atoms with Gasteiger partial charge in [-0.05, 0) is 32.1 Å². The Morgan fingerprint density at radius 1 is 1.41 bits per heavy atom. The van der Waals surface area contributed by atoms with Crippen LogP contribution >= 0.6 is 0 Å². The van der Waals surface area contributed by atoms with Crippen molar-refractivity contribution < 1.29 is 13.9 Å². The molecule has 4 nitrogen and oxygen atoms in total. The van der Waals surface area contributed by atoms with Crippen LogP contribution in [-0.2, 0) is 15.9 Å². The van der Waals surface area contributed by atoms with Gasteiger partial charge in [0, 0.05) is 26.6 Å². The van der Waals surface area contributed by atoms with Crippen LogP contribution in [0.25, 0.3) is 0 Å². The zero-order valence-electron chi connectivity index (χ0n) is 10.5. The number of aromatic nitrogens is 1. The van der Waals surface area contributed by atoms with Crippen LogP contribution in [0.1, 0.15) is 43.8 Å². The van der Waals surface area contributed by atoms with E-state index in [-0.39, 0.29) is 6.29 Å². The molecule has 0 aromatic carbocycles. The van der Waals surface area contributed by atoms with E-state index >= 15 is 0 Å². The van der Waals surface area contributed by atoms with Gasteiger partial charge in [0.25, 0.3) is 0 Å². The van der Waals surface area contributed by atoms with E-state index < -0.39 is 0 Å². The second kappa shape index (κ2) is 6.77. The zero-order chi connectivity index (χ0) is 11.9. The van der Waals surface area contributed by atoms with Crippen molar-refractivity contribution in [3.63, 3.8) is 0 Å². The molecule has 2 rings (SSSR count). The first kappa shape index (κ1) is 12.6. The highest BCUT2D eigenvalue weighted by atomic mass is 16.7. The molecule has 0 radical (unpaired) electrons. The minimum absolute atomic E-state index is 0.0382. The van der Waals surface area contributed by atoms with Gasteiger partial charge in [0.15, 0.2) is 12.2 Å². The first-order valence-electron chi connectivity index (χ1n) is 6.49. The normalized spacial score (nSPS) is 20.6. The van der Waals surface area contributed by atoms with Crippen molar-refractivity contribution in [1.82, 2.24) is 4.98 Å². The molecule has 0 amide bonds. The Kier molecular flexibility index (Phi) is 5.01. The molecule has 1 aliphatic rings. The number of oxazole rings is 1. The van der Waals surface area contributed by atoms with E-state index in [0.717, 1.165) is 50.5 Å². The molecule has 0 saturated carbocycles. The van der Waals surface area contributed by atoms with Gasteiger partial charge in [0.05, 0.1) is 6.20 Å². The van der Waals surface area contributed by atoms with Crippen LogP contribution in [0.5, 0.6) is 0 Å². The first-order valence-corrected chi connectivity index (χ1v) is 6.49. The summed E-state index contributed by atoms with van der Waals surface area (Å²) < 4.78 is 16.6. The molecule has 0 N–H and O–H groups in total.